The van der Waals surface area contributed by atoms with Gasteiger partial charge in [-0.3, -0.25) is 4.57 Å². The van der Waals surface area contributed by atoms with E-state index in [1.807, 2.05) is 37.4 Å². The first-order valence-corrected chi connectivity index (χ1v) is 6.58. The second kappa shape index (κ2) is 5.40. The maximum atomic E-state index is 5.44. The minimum atomic E-state index is 0.421. The van der Waals surface area contributed by atoms with Crippen molar-refractivity contribution in [2.75, 3.05) is 6.61 Å². The van der Waals surface area contributed by atoms with E-state index in [1.165, 1.54) is 5.69 Å². The summed E-state index contributed by atoms with van der Waals surface area (Å²) in [5, 5.41) is 0. The second-order valence-electron chi connectivity index (χ2n) is 4.44. The Balaban J connectivity index is 2.42. The molecule has 0 aliphatic rings. The first-order valence-electron chi connectivity index (χ1n) is 6.17. The molecule has 0 spiro atoms. The predicted molar refractivity (Wildman–Crippen MR) is 76.2 cm³/mol. The van der Waals surface area contributed by atoms with Crippen LogP contribution in [0.1, 0.15) is 32.4 Å². The molecule has 3 nitrogen and oxygen atoms in total. The standard InChI is InChI=1S/C14H18N2OS/c1-4-17-12-7-5-11(6-8-12)16-13(10(2)3)9-15-14(16)18/h5-10H,4H2,1-3H3,(H,15,18). The summed E-state index contributed by atoms with van der Waals surface area (Å²) in [6, 6.07) is 8.00. The predicted octanol–water partition coefficient (Wildman–Crippen LogP) is 4.06. The maximum absolute atomic E-state index is 5.44. The number of rotatable bonds is 4. The summed E-state index contributed by atoms with van der Waals surface area (Å²) in [7, 11) is 0. The SMILES string of the molecule is CCOc1ccc(-n2c(C(C)C)c[nH]c2=S)cc1. The molecule has 0 aliphatic heterocycles. The summed E-state index contributed by atoms with van der Waals surface area (Å²) in [5.74, 6) is 1.30. The fourth-order valence-electron chi connectivity index (χ4n) is 1.93. The lowest BCUT2D eigenvalue weighted by Gasteiger charge is -2.11. The van der Waals surface area contributed by atoms with Crippen molar-refractivity contribution in [3.05, 3.63) is 40.9 Å². The third-order valence-corrected chi connectivity index (χ3v) is 3.10. The fourth-order valence-corrected chi connectivity index (χ4v) is 2.20. The number of aromatic nitrogens is 2. The van der Waals surface area contributed by atoms with E-state index in [2.05, 4.69) is 23.4 Å². The number of benzene rings is 1. The van der Waals surface area contributed by atoms with Crippen molar-refractivity contribution < 1.29 is 4.74 Å². The molecular weight excluding hydrogens is 244 g/mol. The highest BCUT2D eigenvalue weighted by Gasteiger charge is 2.09. The Kier molecular flexibility index (Phi) is 3.87. The topological polar surface area (TPSA) is 29.9 Å². The number of nitrogens with zero attached hydrogens (tertiary/aromatic N) is 1. The third kappa shape index (κ3) is 2.48. The van der Waals surface area contributed by atoms with Gasteiger partial charge < -0.3 is 9.72 Å². The zero-order valence-corrected chi connectivity index (χ0v) is 11.8. The smallest absolute Gasteiger partial charge is 0.182 e. The lowest BCUT2D eigenvalue weighted by atomic mass is 10.1. The number of ether oxygens (including phenoxy) is 1. The van der Waals surface area contributed by atoms with Crippen molar-refractivity contribution in [1.82, 2.24) is 9.55 Å². The zero-order chi connectivity index (χ0) is 13.1. The Bertz CT molecular complexity index is 566. The van der Waals surface area contributed by atoms with Gasteiger partial charge in [0.25, 0.3) is 0 Å². The van der Waals surface area contributed by atoms with Gasteiger partial charge in [0.15, 0.2) is 4.77 Å². The molecule has 2 aromatic rings. The van der Waals surface area contributed by atoms with Crippen LogP contribution in [0.15, 0.2) is 30.5 Å². The van der Waals surface area contributed by atoms with Gasteiger partial charge in [-0.1, -0.05) is 13.8 Å². The minimum absolute atomic E-state index is 0.421. The van der Waals surface area contributed by atoms with Crippen molar-refractivity contribution in [2.45, 2.75) is 26.7 Å². The van der Waals surface area contributed by atoms with Gasteiger partial charge in [0.2, 0.25) is 0 Å². The van der Waals surface area contributed by atoms with Gasteiger partial charge in [-0.15, -0.1) is 0 Å². The van der Waals surface area contributed by atoms with Gasteiger partial charge in [0.05, 0.1) is 6.61 Å². The molecule has 18 heavy (non-hydrogen) atoms. The highest BCUT2D eigenvalue weighted by Crippen LogP contribution is 2.21. The van der Waals surface area contributed by atoms with Crippen LogP contribution in [0, 0.1) is 4.77 Å². The van der Waals surface area contributed by atoms with E-state index < -0.39 is 0 Å². The molecular formula is C14H18N2OS. The highest BCUT2D eigenvalue weighted by molar-refractivity contribution is 7.71. The molecule has 0 unspecified atom stereocenters. The van der Waals surface area contributed by atoms with E-state index in [9.17, 15) is 0 Å². The van der Waals surface area contributed by atoms with Gasteiger partial charge in [0, 0.05) is 17.6 Å². The van der Waals surface area contributed by atoms with Crippen LogP contribution in [0.2, 0.25) is 0 Å². The Morgan fingerprint density at radius 2 is 1.94 bits per heavy atom. The molecule has 0 saturated heterocycles. The Morgan fingerprint density at radius 1 is 1.28 bits per heavy atom. The molecule has 2 rings (SSSR count). The van der Waals surface area contributed by atoms with Crippen LogP contribution >= 0.6 is 12.2 Å². The monoisotopic (exact) mass is 262 g/mol. The molecule has 0 saturated carbocycles. The van der Waals surface area contributed by atoms with E-state index in [1.54, 1.807) is 0 Å². The average molecular weight is 262 g/mol. The largest absolute Gasteiger partial charge is 0.494 e. The van der Waals surface area contributed by atoms with E-state index in [4.69, 9.17) is 17.0 Å². The van der Waals surface area contributed by atoms with Crippen molar-refractivity contribution in [1.29, 1.82) is 0 Å². The zero-order valence-electron chi connectivity index (χ0n) is 10.9. The molecule has 1 N–H and O–H groups in total. The molecule has 96 valence electrons. The lowest BCUT2D eigenvalue weighted by Crippen LogP contribution is -2.02. The number of hydrogen-bond donors (Lipinski definition) is 1. The normalized spacial score (nSPS) is 10.9. The van der Waals surface area contributed by atoms with Gasteiger partial charge in [-0.05, 0) is 49.3 Å². The Labute approximate surface area is 112 Å². The van der Waals surface area contributed by atoms with Gasteiger partial charge >= 0.3 is 0 Å². The quantitative estimate of drug-likeness (QED) is 0.842. The summed E-state index contributed by atoms with van der Waals surface area (Å²) in [6.45, 7) is 6.97. The van der Waals surface area contributed by atoms with E-state index in [0.717, 1.165) is 16.2 Å². The van der Waals surface area contributed by atoms with Gasteiger partial charge in [0.1, 0.15) is 5.75 Å². The van der Waals surface area contributed by atoms with E-state index in [-0.39, 0.29) is 0 Å². The van der Waals surface area contributed by atoms with E-state index in [0.29, 0.717) is 12.5 Å². The summed E-state index contributed by atoms with van der Waals surface area (Å²) < 4.78 is 8.23. The third-order valence-electron chi connectivity index (χ3n) is 2.80. The van der Waals surface area contributed by atoms with Crippen molar-refractivity contribution in [3.8, 4) is 11.4 Å². The second-order valence-corrected chi connectivity index (χ2v) is 4.82. The molecule has 0 fully saturated rings. The number of H-pyrrole nitrogens is 1. The molecule has 0 amide bonds. The van der Waals surface area contributed by atoms with Crippen LogP contribution in [0.25, 0.3) is 5.69 Å². The Hall–Kier alpha value is -1.55. The highest BCUT2D eigenvalue weighted by atomic mass is 32.1. The van der Waals surface area contributed by atoms with Crippen LogP contribution in [-0.4, -0.2) is 16.2 Å². The molecule has 0 radical (unpaired) electrons. The number of imidazole rings is 1. The summed E-state index contributed by atoms with van der Waals surface area (Å²) in [5.41, 5.74) is 2.25. The molecule has 1 heterocycles. The maximum Gasteiger partial charge on any atom is 0.182 e. The average Bonchev–Trinajstić information content (AvgIpc) is 2.73. The van der Waals surface area contributed by atoms with Crippen molar-refractivity contribution in [3.63, 3.8) is 0 Å². The molecule has 0 atom stereocenters. The van der Waals surface area contributed by atoms with Crippen LogP contribution in [0.3, 0.4) is 0 Å². The van der Waals surface area contributed by atoms with Crippen LogP contribution in [0.5, 0.6) is 5.75 Å². The first-order chi connectivity index (χ1) is 8.63. The molecule has 1 aromatic carbocycles. The first kappa shape index (κ1) is 12.9. The van der Waals surface area contributed by atoms with Crippen LogP contribution in [-0.2, 0) is 0 Å². The molecule has 0 aliphatic carbocycles. The number of hydrogen-bond acceptors (Lipinski definition) is 2. The van der Waals surface area contributed by atoms with Crippen molar-refractivity contribution >= 4 is 12.2 Å². The lowest BCUT2D eigenvalue weighted by molar-refractivity contribution is 0.340. The fraction of sp³-hybridized carbons (Fsp3) is 0.357. The summed E-state index contributed by atoms with van der Waals surface area (Å²) in [6.07, 6.45) is 1.98. The molecule has 1 aromatic heterocycles. The molecule has 0 bridgehead atoms. The van der Waals surface area contributed by atoms with E-state index >= 15 is 0 Å². The minimum Gasteiger partial charge on any atom is -0.494 e. The number of nitrogens with one attached hydrogen (secondary N) is 1. The summed E-state index contributed by atoms with van der Waals surface area (Å²) in [4.78, 5) is 3.10. The van der Waals surface area contributed by atoms with Crippen LogP contribution < -0.4 is 4.74 Å². The van der Waals surface area contributed by atoms with Gasteiger partial charge in [-0.2, -0.15) is 0 Å². The van der Waals surface area contributed by atoms with Crippen molar-refractivity contribution in [2.24, 2.45) is 0 Å². The van der Waals surface area contributed by atoms with Crippen LogP contribution in [0.4, 0.5) is 0 Å². The van der Waals surface area contributed by atoms with Gasteiger partial charge in [-0.25, -0.2) is 0 Å². The summed E-state index contributed by atoms with van der Waals surface area (Å²) >= 11 is 5.33. The number of aromatic amines is 1. The Morgan fingerprint density at radius 3 is 2.50 bits per heavy atom. The molecule has 4 heteroatoms.